The average molecular weight is 550 g/mol. The summed E-state index contributed by atoms with van der Waals surface area (Å²) in [4.78, 5) is 12.7. The fourth-order valence-corrected chi connectivity index (χ4v) is 9.55. The molecule has 11 atom stereocenters. The fraction of sp³-hybridized carbons (Fsp3) is 0.931. The minimum absolute atomic E-state index is 0.0761. The Hall–Kier alpha value is -1.30. The second kappa shape index (κ2) is 9.91. The highest BCUT2D eigenvalue weighted by molar-refractivity contribution is 5.95. The first-order valence-electron chi connectivity index (χ1n) is 15.0. The zero-order chi connectivity index (χ0) is 27.7. The molecular weight excluding hydrogens is 502 g/mol. The van der Waals surface area contributed by atoms with Gasteiger partial charge < -0.3 is 34.8 Å². The Balaban J connectivity index is 1.44. The Morgan fingerprint density at radius 1 is 1.15 bits per heavy atom. The van der Waals surface area contributed by atoms with Gasteiger partial charge in [-0.15, -0.1) is 0 Å². The summed E-state index contributed by atoms with van der Waals surface area (Å²) in [7, 11) is 0. The van der Waals surface area contributed by atoms with Crippen LogP contribution in [0.25, 0.3) is 0 Å². The van der Waals surface area contributed by atoms with E-state index in [0.717, 1.165) is 38.1 Å². The molecule has 1 spiro atoms. The normalized spacial score (nSPS) is 50.0. The number of hydrogen-bond donors (Lipinski definition) is 4. The van der Waals surface area contributed by atoms with Crippen molar-refractivity contribution in [2.75, 3.05) is 39.5 Å². The lowest BCUT2D eigenvalue weighted by atomic mass is 9.42. The lowest BCUT2D eigenvalue weighted by molar-refractivity contribution is -0.329. The minimum atomic E-state index is -0.973. The summed E-state index contributed by atoms with van der Waals surface area (Å²) in [6.45, 7) is 12.0. The number of hydrogen-bond acceptors (Lipinski definition) is 9. The molecule has 0 radical (unpaired) electrons. The second-order valence-corrected chi connectivity index (χ2v) is 13.8. The van der Waals surface area contributed by atoms with Gasteiger partial charge in [-0.3, -0.25) is 9.80 Å². The Morgan fingerprint density at radius 3 is 2.62 bits per heavy atom. The second-order valence-electron chi connectivity index (χ2n) is 13.8. The molecule has 3 aliphatic heterocycles. The quantitative estimate of drug-likeness (QED) is 0.410. The Bertz CT molecular complexity index is 986. The van der Waals surface area contributed by atoms with Gasteiger partial charge in [0.1, 0.15) is 12.3 Å². The zero-order valence-corrected chi connectivity index (χ0v) is 23.8. The molecule has 6 fully saturated rings. The molecule has 4 N–H and O–H groups in total. The number of morpholine rings is 1. The van der Waals surface area contributed by atoms with Crippen LogP contribution in [0, 0.1) is 40.4 Å². The van der Waals surface area contributed by atoms with E-state index in [-0.39, 0.29) is 53.8 Å². The number of carbonyl (C=O) groups excluding carboxylic acids is 1. The SMILES string of the molecule is CC1CCC2C(C)(C)C(=NN3CCOCC3)C(OCCO)CC23OC2C(CC13C)C(O)CC1C(=O)NC(O)C12. The van der Waals surface area contributed by atoms with Gasteiger partial charge in [0, 0.05) is 29.1 Å². The van der Waals surface area contributed by atoms with E-state index in [1.807, 2.05) is 0 Å². The van der Waals surface area contributed by atoms with Gasteiger partial charge in [0.2, 0.25) is 5.91 Å². The van der Waals surface area contributed by atoms with Gasteiger partial charge in [0.05, 0.1) is 69.0 Å². The van der Waals surface area contributed by atoms with Crippen molar-refractivity contribution < 1.29 is 34.3 Å². The highest BCUT2D eigenvalue weighted by atomic mass is 16.5. The number of carbonyl (C=O) groups is 1. The van der Waals surface area contributed by atoms with E-state index in [0.29, 0.717) is 32.0 Å². The van der Waals surface area contributed by atoms with E-state index in [4.69, 9.17) is 19.3 Å². The lowest BCUT2D eigenvalue weighted by Gasteiger charge is -2.70. The molecule has 0 bridgehead atoms. The van der Waals surface area contributed by atoms with E-state index < -0.39 is 30.0 Å². The van der Waals surface area contributed by atoms with Crippen molar-refractivity contribution in [3.8, 4) is 0 Å². The monoisotopic (exact) mass is 549 g/mol. The van der Waals surface area contributed by atoms with Crippen LogP contribution in [0.1, 0.15) is 59.8 Å². The molecule has 6 rings (SSSR count). The van der Waals surface area contributed by atoms with Gasteiger partial charge >= 0.3 is 0 Å². The average Bonchev–Trinajstić information content (AvgIpc) is 3.18. The standard InChI is InChI=1S/C29H47N3O7/c1-16-5-6-21-27(2,3)24(31-32-7-10-37-11-8-32)20(38-12-9-33)15-29(21)28(16,4)14-18-19(34)13-17-22(23(18)39-29)26(36)30-25(17)35/h16-23,26,33-34,36H,5-15H2,1-4H3,(H,30,35). The predicted octanol–water partition coefficient (Wildman–Crippen LogP) is 1.12. The van der Waals surface area contributed by atoms with Crippen LogP contribution in [0.2, 0.25) is 0 Å². The Morgan fingerprint density at radius 2 is 1.90 bits per heavy atom. The summed E-state index contributed by atoms with van der Waals surface area (Å²) in [6.07, 6.45) is 1.38. The van der Waals surface area contributed by atoms with Gasteiger partial charge in [-0.1, -0.05) is 27.7 Å². The molecule has 220 valence electrons. The number of ether oxygens (including phenoxy) is 3. The van der Waals surface area contributed by atoms with Crippen LogP contribution in [0.3, 0.4) is 0 Å². The topological polar surface area (TPSA) is 133 Å². The molecule has 3 heterocycles. The lowest BCUT2D eigenvalue weighted by Crippen LogP contribution is -2.75. The third-order valence-electron chi connectivity index (χ3n) is 11.7. The molecule has 10 heteroatoms. The first-order valence-corrected chi connectivity index (χ1v) is 15.0. The van der Waals surface area contributed by atoms with Crippen LogP contribution >= 0.6 is 0 Å². The summed E-state index contributed by atoms with van der Waals surface area (Å²) in [5.41, 5.74) is -0.198. The molecule has 11 unspecified atom stereocenters. The predicted molar refractivity (Wildman–Crippen MR) is 143 cm³/mol. The van der Waals surface area contributed by atoms with Crippen molar-refractivity contribution in [3.63, 3.8) is 0 Å². The maximum absolute atomic E-state index is 12.7. The Labute approximate surface area is 231 Å². The number of aliphatic hydroxyl groups excluding tert-OH is 3. The molecule has 3 saturated heterocycles. The maximum atomic E-state index is 12.7. The molecule has 3 saturated carbocycles. The first-order chi connectivity index (χ1) is 18.5. The number of fused-ring (bicyclic) bond motifs is 3. The summed E-state index contributed by atoms with van der Waals surface area (Å²) >= 11 is 0. The van der Waals surface area contributed by atoms with Gasteiger partial charge in [-0.25, -0.2) is 0 Å². The minimum Gasteiger partial charge on any atom is -0.394 e. The zero-order valence-electron chi connectivity index (χ0n) is 23.8. The molecule has 1 amide bonds. The highest BCUT2D eigenvalue weighted by Crippen LogP contribution is 2.68. The summed E-state index contributed by atoms with van der Waals surface area (Å²) in [5.74, 6) is -0.672. The van der Waals surface area contributed by atoms with Crippen molar-refractivity contribution in [3.05, 3.63) is 0 Å². The van der Waals surface area contributed by atoms with Crippen molar-refractivity contribution in [2.45, 2.75) is 89.9 Å². The van der Waals surface area contributed by atoms with Crippen molar-refractivity contribution in [1.82, 2.24) is 10.3 Å². The number of hydrazone groups is 1. The molecule has 0 aromatic heterocycles. The largest absolute Gasteiger partial charge is 0.394 e. The fourth-order valence-electron chi connectivity index (χ4n) is 9.55. The van der Waals surface area contributed by atoms with Crippen molar-refractivity contribution in [1.29, 1.82) is 0 Å². The first kappa shape index (κ1) is 27.8. The van der Waals surface area contributed by atoms with E-state index in [1.165, 1.54) is 0 Å². The Kier molecular flexibility index (Phi) is 7.08. The molecule has 39 heavy (non-hydrogen) atoms. The number of rotatable bonds is 4. The molecule has 0 aromatic rings. The van der Waals surface area contributed by atoms with Crippen LogP contribution in [0.5, 0.6) is 0 Å². The molecule has 3 aliphatic carbocycles. The van der Waals surface area contributed by atoms with Gasteiger partial charge in [-0.2, -0.15) is 5.10 Å². The third-order valence-corrected chi connectivity index (χ3v) is 11.7. The molecule has 0 aromatic carbocycles. The third kappa shape index (κ3) is 4.11. The van der Waals surface area contributed by atoms with Crippen LogP contribution in [-0.4, -0.2) is 102 Å². The summed E-state index contributed by atoms with van der Waals surface area (Å²) < 4.78 is 19.4. The number of nitrogens with zero attached hydrogens (tertiary/aromatic N) is 2. The van der Waals surface area contributed by atoms with E-state index in [1.54, 1.807) is 0 Å². The smallest absolute Gasteiger partial charge is 0.225 e. The van der Waals surface area contributed by atoms with Crippen LogP contribution < -0.4 is 5.32 Å². The highest BCUT2D eigenvalue weighted by Gasteiger charge is 2.72. The molecule has 6 aliphatic rings. The molecular formula is C29H47N3O7. The summed E-state index contributed by atoms with van der Waals surface area (Å²) in [5, 5.41) is 42.0. The van der Waals surface area contributed by atoms with Gasteiger partial charge in [0.25, 0.3) is 0 Å². The maximum Gasteiger partial charge on any atom is 0.225 e. The van der Waals surface area contributed by atoms with Crippen LogP contribution in [0.4, 0.5) is 0 Å². The number of amides is 1. The van der Waals surface area contributed by atoms with Gasteiger partial charge in [-0.05, 0) is 37.5 Å². The van der Waals surface area contributed by atoms with Crippen LogP contribution in [0.15, 0.2) is 5.10 Å². The van der Waals surface area contributed by atoms with Gasteiger partial charge in [0.15, 0.2) is 0 Å². The number of aliphatic hydroxyl groups is 3. The van der Waals surface area contributed by atoms with Crippen molar-refractivity contribution >= 4 is 11.6 Å². The van der Waals surface area contributed by atoms with E-state index in [9.17, 15) is 20.1 Å². The summed E-state index contributed by atoms with van der Waals surface area (Å²) in [6, 6.07) is 0. The van der Waals surface area contributed by atoms with Crippen molar-refractivity contribution in [2.24, 2.45) is 45.5 Å². The van der Waals surface area contributed by atoms with E-state index in [2.05, 4.69) is 38.0 Å². The van der Waals surface area contributed by atoms with Crippen LogP contribution in [-0.2, 0) is 19.0 Å². The van der Waals surface area contributed by atoms with E-state index >= 15 is 0 Å². The number of nitrogens with one attached hydrogen (secondary N) is 1. The molecule has 10 nitrogen and oxygen atoms in total.